The number of aliphatic carboxylic acids is 2. The zero-order valence-corrected chi connectivity index (χ0v) is 19.4. The molecule has 0 unspecified atom stereocenters. The second kappa shape index (κ2) is 17.8. The number of nitrogens with one attached hydrogen (secondary N) is 3. The predicted octanol–water partition coefficient (Wildman–Crippen LogP) is 1.57. The van der Waals surface area contributed by atoms with Crippen LogP contribution in [0.5, 0.6) is 0 Å². The van der Waals surface area contributed by atoms with Crippen molar-refractivity contribution in [3.05, 3.63) is 0 Å². The smallest absolute Gasteiger partial charge is 0.326 e. The second-order valence-electron chi connectivity index (χ2n) is 8.18. The topological polar surface area (TPSA) is 182 Å². The molecule has 0 heterocycles. The van der Waals surface area contributed by atoms with Gasteiger partial charge in [-0.1, -0.05) is 39.0 Å². The molecule has 0 radical (unpaired) electrons. The fraction of sp³-hybridized carbons (Fsp3) is 0.773. The van der Waals surface area contributed by atoms with E-state index < -0.39 is 42.6 Å². The number of hydrogen-bond acceptors (Lipinski definition) is 6. The predicted molar refractivity (Wildman–Crippen MR) is 121 cm³/mol. The van der Waals surface area contributed by atoms with Crippen LogP contribution in [0.3, 0.4) is 0 Å². The lowest BCUT2D eigenvalue weighted by atomic mass is 9.96. The SMILES string of the molecule is CCCCCCCCC(=O)NCCCC[C@H](NC(=O)N[C@@](C=O)(CO)CCC(=O)O)C(=O)O. The molecule has 0 aliphatic rings. The molecule has 6 N–H and O–H groups in total. The van der Waals surface area contributed by atoms with Crippen molar-refractivity contribution >= 4 is 30.2 Å². The van der Waals surface area contributed by atoms with Crippen molar-refractivity contribution in [2.24, 2.45) is 0 Å². The summed E-state index contributed by atoms with van der Waals surface area (Å²) in [7, 11) is 0. The monoisotopic (exact) mass is 473 g/mol. The molecule has 0 spiro atoms. The minimum absolute atomic E-state index is 0.0339. The van der Waals surface area contributed by atoms with Crippen LogP contribution in [-0.4, -0.2) is 70.2 Å². The number of aldehydes is 1. The molecule has 3 amide bonds. The molecule has 0 saturated carbocycles. The molecule has 0 bridgehead atoms. The lowest BCUT2D eigenvalue weighted by molar-refractivity contribution is -0.139. The number of amides is 3. The van der Waals surface area contributed by atoms with Crippen molar-refractivity contribution in [2.45, 2.75) is 95.6 Å². The quantitative estimate of drug-likeness (QED) is 0.114. The number of aliphatic hydroxyl groups is 1. The van der Waals surface area contributed by atoms with Crippen molar-refractivity contribution in [3.63, 3.8) is 0 Å². The van der Waals surface area contributed by atoms with Gasteiger partial charge in [0.25, 0.3) is 0 Å². The van der Waals surface area contributed by atoms with E-state index in [-0.39, 0.29) is 25.0 Å². The summed E-state index contributed by atoms with van der Waals surface area (Å²) >= 11 is 0. The first kappa shape index (κ1) is 30.3. The van der Waals surface area contributed by atoms with Crippen molar-refractivity contribution < 1.29 is 39.3 Å². The fourth-order valence-corrected chi connectivity index (χ4v) is 3.17. The average molecular weight is 474 g/mol. The van der Waals surface area contributed by atoms with E-state index in [1.807, 2.05) is 0 Å². The maximum Gasteiger partial charge on any atom is 0.326 e. The summed E-state index contributed by atoms with van der Waals surface area (Å²) in [5, 5.41) is 34.7. The van der Waals surface area contributed by atoms with Gasteiger partial charge in [0.2, 0.25) is 5.91 Å². The Kier molecular flexibility index (Phi) is 16.4. The van der Waals surface area contributed by atoms with Gasteiger partial charge in [-0.15, -0.1) is 0 Å². The van der Waals surface area contributed by atoms with Crippen LogP contribution in [0.15, 0.2) is 0 Å². The molecule has 33 heavy (non-hydrogen) atoms. The van der Waals surface area contributed by atoms with Crippen molar-refractivity contribution in [1.82, 2.24) is 16.0 Å². The summed E-state index contributed by atoms with van der Waals surface area (Å²) in [6.07, 6.45) is 7.53. The number of rotatable bonds is 20. The van der Waals surface area contributed by atoms with E-state index in [0.29, 0.717) is 25.8 Å². The Bertz CT molecular complexity index is 629. The molecule has 0 aliphatic heterocycles. The van der Waals surface area contributed by atoms with Gasteiger partial charge in [-0.2, -0.15) is 0 Å². The van der Waals surface area contributed by atoms with Crippen LogP contribution in [0.4, 0.5) is 4.79 Å². The van der Waals surface area contributed by atoms with Gasteiger partial charge in [-0.05, 0) is 32.1 Å². The van der Waals surface area contributed by atoms with Crippen molar-refractivity contribution in [2.75, 3.05) is 13.2 Å². The Hall–Kier alpha value is -2.69. The maximum absolute atomic E-state index is 12.1. The van der Waals surface area contributed by atoms with Crippen LogP contribution in [-0.2, 0) is 19.2 Å². The van der Waals surface area contributed by atoms with Crippen molar-refractivity contribution in [1.29, 1.82) is 0 Å². The van der Waals surface area contributed by atoms with E-state index in [1.165, 1.54) is 19.3 Å². The molecule has 0 fully saturated rings. The number of hydrogen-bond donors (Lipinski definition) is 6. The van der Waals surface area contributed by atoms with Crippen LogP contribution >= 0.6 is 0 Å². The van der Waals surface area contributed by atoms with Gasteiger partial charge < -0.3 is 36.1 Å². The van der Waals surface area contributed by atoms with E-state index in [9.17, 15) is 34.2 Å². The first-order chi connectivity index (χ1) is 15.7. The van der Waals surface area contributed by atoms with Crippen LogP contribution in [0.1, 0.15) is 84.0 Å². The Morgan fingerprint density at radius 2 is 1.61 bits per heavy atom. The van der Waals surface area contributed by atoms with E-state index in [1.54, 1.807) is 0 Å². The molecule has 0 saturated heterocycles. The zero-order chi connectivity index (χ0) is 25.1. The number of unbranched alkanes of at least 4 members (excludes halogenated alkanes) is 6. The minimum atomic E-state index is -1.81. The van der Waals surface area contributed by atoms with E-state index >= 15 is 0 Å². The van der Waals surface area contributed by atoms with Crippen LogP contribution < -0.4 is 16.0 Å². The lowest BCUT2D eigenvalue weighted by Crippen LogP contribution is -2.58. The molecule has 0 aromatic carbocycles. The summed E-state index contributed by atoms with van der Waals surface area (Å²) in [6.45, 7) is 1.73. The zero-order valence-electron chi connectivity index (χ0n) is 19.4. The highest BCUT2D eigenvalue weighted by atomic mass is 16.4. The first-order valence-electron chi connectivity index (χ1n) is 11.6. The average Bonchev–Trinajstić information content (AvgIpc) is 2.77. The van der Waals surface area contributed by atoms with Crippen LogP contribution in [0.2, 0.25) is 0 Å². The third kappa shape index (κ3) is 14.9. The molecule has 0 aromatic rings. The number of carbonyl (C=O) groups is 5. The van der Waals surface area contributed by atoms with Gasteiger partial charge in [0.15, 0.2) is 0 Å². The Labute approximate surface area is 194 Å². The van der Waals surface area contributed by atoms with Gasteiger partial charge in [0.05, 0.1) is 6.61 Å². The number of carbonyl (C=O) groups excluding carboxylic acids is 3. The largest absolute Gasteiger partial charge is 0.481 e. The molecule has 0 aromatic heterocycles. The van der Waals surface area contributed by atoms with E-state index in [2.05, 4.69) is 22.9 Å². The summed E-state index contributed by atoms with van der Waals surface area (Å²) in [5.74, 6) is -2.52. The van der Waals surface area contributed by atoms with Crippen LogP contribution in [0, 0.1) is 0 Å². The Balaban J connectivity index is 4.29. The number of carboxylic acid groups (broad SMARTS) is 2. The van der Waals surface area contributed by atoms with Gasteiger partial charge in [-0.25, -0.2) is 9.59 Å². The van der Waals surface area contributed by atoms with Gasteiger partial charge in [0.1, 0.15) is 17.9 Å². The molecule has 11 nitrogen and oxygen atoms in total. The number of carboxylic acids is 2. The summed E-state index contributed by atoms with van der Waals surface area (Å²) in [6, 6.07) is -2.24. The summed E-state index contributed by atoms with van der Waals surface area (Å²) in [5.41, 5.74) is -1.81. The number of aliphatic hydroxyl groups excluding tert-OH is 1. The highest BCUT2D eigenvalue weighted by Crippen LogP contribution is 2.11. The molecular formula is C22H39N3O8. The first-order valence-corrected chi connectivity index (χ1v) is 11.6. The highest BCUT2D eigenvalue weighted by molar-refractivity contribution is 5.85. The molecule has 190 valence electrons. The van der Waals surface area contributed by atoms with Gasteiger partial charge >= 0.3 is 18.0 Å². The lowest BCUT2D eigenvalue weighted by Gasteiger charge is -2.27. The summed E-state index contributed by atoms with van der Waals surface area (Å²) < 4.78 is 0. The Morgan fingerprint density at radius 3 is 2.18 bits per heavy atom. The Morgan fingerprint density at radius 1 is 0.939 bits per heavy atom. The van der Waals surface area contributed by atoms with Crippen LogP contribution in [0.25, 0.3) is 0 Å². The molecule has 11 heteroatoms. The molecule has 0 rings (SSSR count). The standard InChI is InChI=1S/C22H39N3O8/c1-2-3-4-5-6-7-11-18(28)23-14-9-8-10-17(20(31)32)24-21(33)25-22(15-26,16-27)13-12-19(29)30/h15,17,27H,2-14,16H2,1H3,(H,23,28)(H,29,30)(H,31,32)(H2,24,25,33)/t17-,22-/m0/s1. The number of urea groups is 1. The maximum atomic E-state index is 12.1. The third-order valence-electron chi connectivity index (χ3n) is 5.26. The van der Waals surface area contributed by atoms with Gasteiger partial charge in [-0.3, -0.25) is 9.59 Å². The van der Waals surface area contributed by atoms with Crippen molar-refractivity contribution in [3.8, 4) is 0 Å². The highest BCUT2D eigenvalue weighted by Gasteiger charge is 2.33. The van der Waals surface area contributed by atoms with Gasteiger partial charge in [0, 0.05) is 19.4 Å². The minimum Gasteiger partial charge on any atom is -0.481 e. The van der Waals surface area contributed by atoms with E-state index in [4.69, 9.17) is 5.11 Å². The summed E-state index contributed by atoms with van der Waals surface area (Å²) in [4.78, 5) is 57.4. The molecule has 2 atom stereocenters. The molecule has 0 aliphatic carbocycles. The second-order valence-corrected chi connectivity index (χ2v) is 8.18. The normalized spacial score (nSPS) is 13.4. The molecular weight excluding hydrogens is 434 g/mol. The van der Waals surface area contributed by atoms with E-state index in [0.717, 1.165) is 19.3 Å². The third-order valence-corrected chi connectivity index (χ3v) is 5.26. The fourth-order valence-electron chi connectivity index (χ4n) is 3.17.